The highest BCUT2D eigenvalue weighted by Gasteiger charge is 2.27. The summed E-state index contributed by atoms with van der Waals surface area (Å²) in [6.07, 6.45) is 2.37. The van der Waals surface area contributed by atoms with Gasteiger partial charge in [-0.3, -0.25) is 0 Å². The smallest absolute Gasteiger partial charge is 0.127 e. The Kier molecular flexibility index (Phi) is 8.49. The van der Waals surface area contributed by atoms with E-state index >= 15 is 0 Å². The van der Waals surface area contributed by atoms with Gasteiger partial charge in [0.05, 0.1) is 14.2 Å². The zero-order valence-corrected chi connectivity index (χ0v) is 23.2. The molecule has 0 bridgehead atoms. The lowest BCUT2D eigenvalue weighted by Crippen LogP contribution is -2.17. The zero-order valence-electron chi connectivity index (χ0n) is 22.3. The van der Waals surface area contributed by atoms with Crippen LogP contribution in [0.1, 0.15) is 32.3 Å². The van der Waals surface area contributed by atoms with E-state index in [-0.39, 0.29) is 0 Å². The molecule has 4 rings (SSSR count). The summed E-state index contributed by atoms with van der Waals surface area (Å²) in [5, 5.41) is 1.29. The summed E-state index contributed by atoms with van der Waals surface area (Å²) in [6.45, 7) is 9.27. The molecule has 0 amide bonds. The van der Waals surface area contributed by atoms with Crippen molar-refractivity contribution in [3.05, 3.63) is 90.5 Å². The Morgan fingerprint density at radius 3 is 1.89 bits per heavy atom. The van der Waals surface area contributed by atoms with Crippen molar-refractivity contribution in [3.63, 3.8) is 0 Å². The predicted molar refractivity (Wildman–Crippen MR) is 157 cm³/mol. The van der Waals surface area contributed by atoms with Gasteiger partial charge in [0.25, 0.3) is 0 Å². The Morgan fingerprint density at radius 1 is 0.722 bits per heavy atom. The van der Waals surface area contributed by atoms with Gasteiger partial charge < -0.3 is 9.47 Å². The molecule has 0 radical (unpaired) electrons. The monoisotopic (exact) mass is 496 g/mol. The fourth-order valence-corrected chi connectivity index (χ4v) is 7.25. The average Bonchev–Trinajstić information content (AvgIpc) is 2.92. The second-order valence-electron chi connectivity index (χ2n) is 9.39. The van der Waals surface area contributed by atoms with Crippen LogP contribution in [0.3, 0.4) is 0 Å². The highest BCUT2D eigenvalue weighted by molar-refractivity contribution is 7.66. The van der Waals surface area contributed by atoms with E-state index < -0.39 is 7.92 Å². The van der Waals surface area contributed by atoms with Crippen LogP contribution in [0.15, 0.2) is 84.9 Å². The summed E-state index contributed by atoms with van der Waals surface area (Å²) in [7, 11) is 3.07. The number of aryl methyl sites for hydroxylation is 1. The van der Waals surface area contributed by atoms with Crippen molar-refractivity contribution >= 4 is 13.2 Å². The van der Waals surface area contributed by atoms with Gasteiger partial charge in [0.2, 0.25) is 0 Å². The minimum atomic E-state index is -0.486. The molecule has 2 nitrogen and oxygen atoms in total. The fourth-order valence-electron chi connectivity index (χ4n) is 5.07. The Labute approximate surface area is 218 Å². The summed E-state index contributed by atoms with van der Waals surface area (Å²) in [5.41, 5.74) is 9.06. The minimum absolute atomic E-state index is 0.486. The van der Waals surface area contributed by atoms with E-state index in [4.69, 9.17) is 9.47 Å². The third-order valence-corrected chi connectivity index (χ3v) is 9.77. The Hall–Kier alpha value is -3.09. The first kappa shape index (κ1) is 26.0. The molecule has 4 aromatic rings. The highest BCUT2D eigenvalue weighted by Crippen LogP contribution is 2.50. The third-order valence-electron chi connectivity index (χ3n) is 7.04. The molecule has 0 fully saturated rings. The van der Waals surface area contributed by atoms with E-state index in [0.717, 1.165) is 11.5 Å². The average molecular weight is 497 g/mol. The van der Waals surface area contributed by atoms with Crippen LogP contribution < -0.4 is 14.8 Å². The van der Waals surface area contributed by atoms with Crippen LogP contribution in [0.5, 0.6) is 11.5 Å². The number of hydrogen-bond donors (Lipinski definition) is 0. The van der Waals surface area contributed by atoms with Gasteiger partial charge in [0, 0.05) is 10.9 Å². The maximum atomic E-state index is 6.05. The van der Waals surface area contributed by atoms with Crippen LogP contribution in [-0.2, 0) is 0 Å². The first-order chi connectivity index (χ1) is 17.5. The number of rotatable bonds is 9. The van der Waals surface area contributed by atoms with Gasteiger partial charge >= 0.3 is 0 Å². The van der Waals surface area contributed by atoms with Crippen molar-refractivity contribution < 1.29 is 9.47 Å². The molecular formula is C33H37O2P. The van der Waals surface area contributed by atoms with E-state index in [2.05, 4.69) is 112 Å². The van der Waals surface area contributed by atoms with E-state index in [1.54, 1.807) is 14.2 Å². The molecule has 2 unspecified atom stereocenters. The minimum Gasteiger partial charge on any atom is -0.496 e. The van der Waals surface area contributed by atoms with E-state index in [1.807, 2.05) is 0 Å². The summed E-state index contributed by atoms with van der Waals surface area (Å²) in [6, 6.07) is 30.1. The van der Waals surface area contributed by atoms with Crippen molar-refractivity contribution in [2.45, 2.75) is 39.3 Å². The lowest BCUT2D eigenvalue weighted by Gasteiger charge is -2.28. The Bertz CT molecular complexity index is 1300. The number of ether oxygens (including phenoxy) is 2. The molecule has 0 aromatic heterocycles. The lowest BCUT2D eigenvalue weighted by atomic mass is 9.87. The molecule has 0 saturated heterocycles. The van der Waals surface area contributed by atoms with E-state index in [9.17, 15) is 0 Å². The molecule has 3 heteroatoms. The molecule has 0 heterocycles. The van der Waals surface area contributed by atoms with Crippen LogP contribution in [0, 0.1) is 6.92 Å². The molecule has 0 aliphatic carbocycles. The van der Waals surface area contributed by atoms with Gasteiger partial charge in [-0.15, -0.1) is 0 Å². The van der Waals surface area contributed by atoms with Crippen LogP contribution in [0.25, 0.3) is 33.4 Å². The van der Waals surface area contributed by atoms with E-state index in [1.165, 1.54) is 57.1 Å². The summed E-state index contributed by atoms with van der Waals surface area (Å²) < 4.78 is 12.0. The Balaban J connectivity index is 2.08. The molecule has 0 aliphatic heterocycles. The standard InChI is InChI=1S/C33H37O2P/c1-7-14-24(3)36(6)33-30(35-5)20-19-29(34-4)32(33)31-23(2)21-27(25-15-10-8-11-16-25)22-28(31)26-17-12-9-13-18-26/h8-13,15-22,24H,7,14H2,1-6H3. The topological polar surface area (TPSA) is 18.5 Å². The van der Waals surface area contributed by atoms with Crippen molar-refractivity contribution in [2.24, 2.45) is 0 Å². The van der Waals surface area contributed by atoms with Crippen molar-refractivity contribution in [1.29, 1.82) is 0 Å². The van der Waals surface area contributed by atoms with E-state index in [0.29, 0.717) is 5.66 Å². The molecule has 2 atom stereocenters. The van der Waals surface area contributed by atoms with Crippen molar-refractivity contribution in [2.75, 3.05) is 20.9 Å². The predicted octanol–water partition coefficient (Wildman–Crippen LogP) is 8.94. The largest absolute Gasteiger partial charge is 0.496 e. The summed E-state index contributed by atoms with van der Waals surface area (Å²) >= 11 is 0. The highest BCUT2D eigenvalue weighted by atomic mass is 31.1. The van der Waals surface area contributed by atoms with Crippen molar-refractivity contribution in [3.8, 4) is 44.9 Å². The van der Waals surface area contributed by atoms with Gasteiger partial charge in [-0.2, -0.15) is 0 Å². The lowest BCUT2D eigenvalue weighted by molar-refractivity contribution is 0.407. The van der Waals surface area contributed by atoms with Crippen LogP contribution in [-0.4, -0.2) is 26.5 Å². The summed E-state index contributed by atoms with van der Waals surface area (Å²) in [4.78, 5) is 0. The molecule has 4 aromatic carbocycles. The van der Waals surface area contributed by atoms with Gasteiger partial charge in [-0.1, -0.05) is 94.9 Å². The number of hydrogen-bond acceptors (Lipinski definition) is 2. The fraction of sp³-hybridized carbons (Fsp3) is 0.273. The Morgan fingerprint density at radius 2 is 1.31 bits per heavy atom. The van der Waals surface area contributed by atoms with Gasteiger partial charge in [0.15, 0.2) is 0 Å². The van der Waals surface area contributed by atoms with Crippen molar-refractivity contribution in [1.82, 2.24) is 0 Å². The molecular weight excluding hydrogens is 459 g/mol. The van der Waals surface area contributed by atoms with Gasteiger partial charge in [-0.25, -0.2) is 0 Å². The maximum absolute atomic E-state index is 6.05. The molecule has 186 valence electrons. The molecule has 0 aliphatic rings. The quantitative estimate of drug-likeness (QED) is 0.215. The zero-order chi connectivity index (χ0) is 25.7. The SMILES string of the molecule is CCCC(C)P(C)c1c(OC)ccc(OC)c1-c1c(C)cc(-c2ccccc2)cc1-c1ccccc1. The van der Waals surface area contributed by atoms with Crippen LogP contribution in [0.2, 0.25) is 0 Å². The molecule has 0 N–H and O–H groups in total. The van der Waals surface area contributed by atoms with Gasteiger partial charge in [-0.05, 0) is 77.2 Å². The summed E-state index contributed by atoms with van der Waals surface area (Å²) in [5.74, 6) is 1.85. The number of benzene rings is 4. The second-order valence-corrected chi connectivity index (χ2v) is 11.9. The molecule has 36 heavy (non-hydrogen) atoms. The van der Waals surface area contributed by atoms with Crippen LogP contribution >= 0.6 is 7.92 Å². The second kappa shape index (κ2) is 11.8. The first-order valence-corrected chi connectivity index (χ1v) is 14.6. The third kappa shape index (κ3) is 5.20. The maximum Gasteiger partial charge on any atom is 0.127 e. The normalized spacial score (nSPS) is 12.7. The number of methoxy groups -OCH3 is 2. The molecule has 0 saturated carbocycles. The van der Waals surface area contributed by atoms with Crippen LogP contribution in [0.4, 0.5) is 0 Å². The van der Waals surface area contributed by atoms with Gasteiger partial charge in [0.1, 0.15) is 11.5 Å². The molecule has 0 spiro atoms. The first-order valence-electron chi connectivity index (χ1n) is 12.7.